The van der Waals surface area contributed by atoms with Crippen LogP contribution in [0.5, 0.6) is 5.75 Å². The average Bonchev–Trinajstić information content (AvgIpc) is 3.24. The zero-order chi connectivity index (χ0) is 28.3. The number of aryl methyl sites for hydroxylation is 1. The Morgan fingerprint density at radius 3 is 2.73 bits per heavy atom. The van der Waals surface area contributed by atoms with Crippen LogP contribution in [-0.4, -0.2) is 66.6 Å². The minimum Gasteiger partial charge on any atom is -0.494 e. The largest absolute Gasteiger partial charge is 0.494 e. The van der Waals surface area contributed by atoms with E-state index < -0.39 is 12.4 Å². The summed E-state index contributed by atoms with van der Waals surface area (Å²) in [4.78, 5) is 24.7. The Morgan fingerprint density at radius 2 is 2.00 bits per heavy atom. The molecule has 2 N–H and O–H groups in total. The fraction of sp³-hybridized carbons (Fsp3) is 0.250. The standard InChI is InChI=1S/C28H33N7O2/c1-7-27(36)30-22-16-23(26(37-6)17-25(22)34(4)15-14-33(2)3)32-28-29-13-12-21(31-28)20-18-35(5)24-11-9-8-10-19(20)24/h7-13,16-18H,1,14-15H2,2-6H3,(H,30,36)(H,29,31,32)/i15D2. The number of rotatable bonds is 10. The molecule has 2 heterocycles. The molecule has 0 atom stereocenters. The predicted octanol–water partition coefficient (Wildman–Crippen LogP) is 4.51. The van der Waals surface area contributed by atoms with E-state index >= 15 is 0 Å². The van der Waals surface area contributed by atoms with Gasteiger partial charge in [0.15, 0.2) is 0 Å². The van der Waals surface area contributed by atoms with Crippen molar-refractivity contribution in [2.45, 2.75) is 0 Å². The van der Waals surface area contributed by atoms with E-state index in [4.69, 9.17) is 12.5 Å². The lowest BCUT2D eigenvalue weighted by Crippen LogP contribution is -2.29. The lowest BCUT2D eigenvalue weighted by Gasteiger charge is -2.26. The smallest absolute Gasteiger partial charge is 0.247 e. The Kier molecular flexibility index (Phi) is 6.94. The van der Waals surface area contributed by atoms with Crippen molar-refractivity contribution in [3.8, 4) is 17.0 Å². The van der Waals surface area contributed by atoms with Crippen LogP contribution in [0.1, 0.15) is 2.74 Å². The Labute approximate surface area is 220 Å². The van der Waals surface area contributed by atoms with E-state index in [9.17, 15) is 4.79 Å². The van der Waals surface area contributed by atoms with Crippen molar-refractivity contribution in [1.82, 2.24) is 19.4 Å². The van der Waals surface area contributed by atoms with Gasteiger partial charge in [-0.05, 0) is 38.4 Å². The van der Waals surface area contributed by atoms with Gasteiger partial charge in [-0.3, -0.25) is 4.79 Å². The molecule has 0 fully saturated rings. The Hall–Kier alpha value is -4.37. The third-order valence-electron chi connectivity index (χ3n) is 5.82. The molecular weight excluding hydrogens is 466 g/mol. The number of fused-ring (bicyclic) bond motifs is 1. The highest BCUT2D eigenvalue weighted by Gasteiger charge is 2.17. The van der Waals surface area contributed by atoms with Crippen LogP contribution in [-0.2, 0) is 11.8 Å². The topological polar surface area (TPSA) is 87.6 Å². The van der Waals surface area contributed by atoms with Crippen molar-refractivity contribution in [2.75, 3.05) is 56.8 Å². The lowest BCUT2D eigenvalue weighted by atomic mass is 10.1. The van der Waals surface area contributed by atoms with Crippen LogP contribution in [0.3, 0.4) is 0 Å². The van der Waals surface area contributed by atoms with Crippen molar-refractivity contribution < 1.29 is 12.3 Å². The molecular formula is C28H33N7O2. The van der Waals surface area contributed by atoms with Gasteiger partial charge in [0.25, 0.3) is 0 Å². The molecule has 1 amide bonds. The molecule has 4 aromatic rings. The second kappa shape index (κ2) is 11.1. The number of hydrogen-bond donors (Lipinski definition) is 2. The van der Waals surface area contributed by atoms with Crippen molar-refractivity contribution in [3.63, 3.8) is 0 Å². The highest BCUT2D eigenvalue weighted by atomic mass is 16.5. The number of benzene rings is 2. The molecule has 2 aromatic carbocycles. The number of nitrogens with one attached hydrogen (secondary N) is 2. The van der Waals surface area contributed by atoms with E-state index in [-0.39, 0.29) is 6.54 Å². The number of methoxy groups -OCH3 is 1. The molecule has 9 nitrogen and oxygen atoms in total. The molecule has 4 rings (SSSR count). The number of nitrogens with zero attached hydrogens (tertiary/aromatic N) is 5. The summed E-state index contributed by atoms with van der Waals surface area (Å²) in [6.45, 7) is 1.93. The highest BCUT2D eigenvalue weighted by Crippen LogP contribution is 2.38. The van der Waals surface area contributed by atoms with Gasteiger partial charge in [-0.15, -0.1) is 0 Å². The van der Waals surface area contributed by atoms with Crippen LogP contribution >= 0.6 is 0 Å². The quantitative estimate of drug-likeness (QED) is 0.309. The van der Waals surface area contributed by atoms with E-state index in [0.717, 1.165) is 28.2 Å². The number of carbonyl (C=O) groups excluding carboxylic acids is 1. The third kappa shape index (κ3) is 5.73. The van der Waals surface area contributed by atoms with Crippen LogP contribution in [0.2, 0.25) is 0 Å². The van der Waals surface area contributed by atoms with E-state index in [1.54, 1.807) is 44.4 Å². The van der Waals surface area contributed by atoms with Crippen LogP contribution in [0, 0.1) is 0 Å². The summed E-state index contributed by atoms with van der Waals surface area (Å²) in [5.41, 5.74) is 4.13. The first-order valence-electron chi connectivity index (χ1n) is 12.7. The van der Waals surface area contributed by atoms with Gasteiger partial charge in [0.1, 0.15) is 5.75 Å². The van der Waals surface area contributed by atoms with Gasteiger partial charge in [0.05, 0.1) is 32.6 Å². The number of likely N-dealkylation sites (N-methyl/N-ethyl adjacent to an activating group) is 2. The Bertz CT molecular complexity index is 1520. The number of para-hydroxylation sites is 1. The minimum absolute atomic E-state index is 0.134. The zero-order valence-electron chi connectivity index (χ0n) is 23.7. The molecule has 192 valence electrons. The zero-order valence-corrected chi connectivity index (χ0v) is 21.7. The summed E-state index contributed by atoms with van der Waals surface area (Å²) in [5, 5.41) is 7.07. The van der Waals surface area contributed by atoms with Crippen LogP contribution in [0.15, 0.2) is 67.5 Å². The van der Waals surface area contributed by atoms with Crippen LogP contribution in [0.25, 0.3) is 22.2 Å². The van der Waals surface area contributed by atoms with Crippen LogP contribution < -0.4 is 20.3 Å². The molecule has 0 aliphatic carbocycles. The number of hydrogen-bond acceptors (Lipinski definition) is 7. The summed E-state index contributed by atoms with van der Waals surface area (Å²) in [6, 6.07) is 13.3. The predicted molar refractivity (Wildman–Crippen MR) is 151 cm³/mol. The molecule has 2 aromatic heterocycles. The van der Waals surface area contributed by atoms with Crippen LogP contribution in [0.4, 0.5) is 23.0 Å². The number of anilines is 4. The van der Waals surface area contributed by atoms with Gasteiger partial charge < -0.3 is 29.7 Å². The van der Waals surface area contributed by atoms with E-state index in [2.05, 4.69) is 38.9 Å². The average molecular weight is 502 g/mol. The van der Waals surface area contributed by atoms with Gasteiger partial charge in [-0.1, -0.05) is 24.8 Å². The van der Waals surface area contributed by atoms with Crippen molar-refractivity contribution in [3.05, 3.63) is 67.5 Å². The Morgan fingerprint density at radius 1 is 1.22 bits per heavy atom. The van der Waals surface area contributed by atoms with Gasteiger partial charge in [-0.2, -0.15) is 0 Å². The maximum Gasteiger partial charge on any atom is 0.247 e. The van der Waals surface area contributed by atoms with Crippen molar-refractivity contribution in [2.24, 2.45) is 7.05 Å². The summed E-state index contributed by atoms with van der Waals surface area (Å²) in [6.07, 6.45) is 4.87. The van der Waals surface area contributed by atoms with Gasteiger partial charge >= 0.3 is 0 Å². The van der Waals surface area contributed by atoms with E-state index in [0.29, 0.717) is 28.8 Å². The highest BCUT2D eigenvalue weighted by molar-refractivity contribution is 6.02. The Balaban J connectivity index is 1.75. The summed E-state index contributed by atoms with van der Waals surface area (Å²) in [7, 11) is 8.74. The maximum atomic E-state index is 12.3. The van der Waals surface area contributed by atoms with Gasteiger partial charge in [0.2, 0.25) is 11.9 Å². The maximum absolute atomic E-state index is 12.3. The normalized spacial score (nSPS) is 12.2. The van der Waals surface area contributed by atoms with E-state index in [1.165, 1.54) is 12.0 Å². The fourth-order valence-electron chi connectivity index (χ4n) is 3.96. The molecule has 0 radical (unpaired) electrons. The molecule has 0 saturated heterocycles. The molecule has 0 spiro atoms. The van der Waals surface area contributed by atoms with Gasteiger partial charge in [0, 0.05) is 62.1 Å². The first-order chi connectivity index (χ1) is 18.5. The second-order valence-corrected chi connectivity index (χ2v) is 8.78. The second-order valence-electron chi connectivity index (χ2n) is 8.78. The molecule has 0 unspecified atom stereocenters. The first-order valence-corrected chi connectivity index (χ1v) is 11.7. The number of aromatic nitrogens is 3. The summed E-state index contributed by atoms with van der Waals surface area (Å²) >= 11 is 0. The molecule has 0 bridgehead atoms. The number of ether oxygens (including phenoxy) is 1. The summed E-state index contributed by atoms with van der Waals surface area (Å²) in [5.74, 6) is 0.334. The molecule has 0 aliphatic heterocycles. The summed E-state index contributed by atoms with van der Waals surface area (Å²) < 4.78 is 24.9. The monoisotopic (exact) mass is 501 g/mol. The number of amides is 1. The lowest BCUT2D eigenvalue weighted by molar-refractivity contribution is -0.111. The molecule has 0 aliphatic rings. The SMILES string of the molecule is [2H]C([2H])(CN(C)C)N(C)c1cc(OC)c(Nc2nccc(-c3cn(C)c4ccccc34)n2)cc1NC(=O)C=C. The van der Waals surface area contributed by atoms with Gasteiger partial charge in [-0.25, -0.2) is 9.97 Å². The fourth-order valence-corrected chi connectivity index (χ4v) is 3.96. The number of carbonyl (C=O) groups is 1. The van der Waals surface area contributed by atoms with E-state index in [1.807, 2.05) is 31.4 Å². The molecule has 9 heteroatoms. The molecule has 0 saturated carbocycles. The third-order valence-corrected chi connectivity index (χ3v) is 5.82. The van der Waals surface area contributed by atoms with Crippen molar-refractivity contribution in [1.29, 1.82) is 0 Å². The van der Waals surface area contributed by atoms with Crippen molar-refractivity contribution >= 4 is 39.8 Å². The minimum atomic E-state index is -1.74. The molecule has 37 heavy (non-hydrogen) atoms. The first kappa shape index (κ1) is 23.1.